The predicted octanol–water partition coefficient (Wildman–Crippen LogP) is 4.61. The first kappa shape index (κ1) is 16.3. The molecule has 0 bridgehead atoms. The van der Waals surface area contributed by atoms with Crippen molar-refractivity contribution < 1.29 is 4.52 Å². The van der Waals surface area contributed by atoms with Crippen molar-refractivity contribution in [1.29, 1.82) is 0 Å². The van der Waals surface area contributed by atoms with Gasteiger partial charge in [0.15, 0.2) is 5.75 Å². The fraction of sp³-hybridized carbons (Fsp3) is 0.143. The molecule has 2 heterocycles. The summed E-state index contributed by atoms with van der Waals surface area (Å²) in [5.41, 5.74) is 2.21. The molecule has 0 atom stereocenters. The first-order chi connectivity index (χ1) is 11.0. The van der Waals surface area contributed by atoms with Crippen LogP contribution in [0.15, 0.2) is 35.2 Å². The van der Waals surface area contributed by atoms with Crippen LogP contribution in [0.1, 0.15) is 0 Å². The molecule has 1 aromatic carbocycles. The van der Waals surface area contributed by atoms with Crippen LogP contribution >= 0.6 is 35.7 Å². The molecule has 3 rings (SSSR count). The van der Waals surface area contributed by atoms with Crippen molar-refractivity contribution in [3.8, 4) is 5.75 Å². The van der Waals surface area contributed by atoms with E-state index in [1.165, 1.54) is 0 Å². The number of hydrogen-bond donors (Lipinski definition) is 1. The molecule has 0 unspecified atom stereocenters. The zero-order chi connectivity index (χ0) is 16.4. The number of benzene rings is 1. The Morgan fingerprint density at radius 1 is 1.17 bits per heavy atom. The summed E-state index contributed by atoms with van der Waals surface area (Å²) in [4.78, 5) is 16.8. The Labute approximate surface area is 147 Å². The smallest absolute Gasteiger partial charge is 0.224 e. The van der Waals surface area contributed by atoms with Crippen LogP contribution in [0.2, 0.25) is 5.28 Å². The molecule has 0 aliphatic rings. The summed E-state index contributed by atoms with van der Waals surface area (Å²) in [6.45, 7) is 4.04. The number of nitrogens with zero attached hydrogens (tertiary/aromatic N) is 4. The van der Waals surface area contributed by atoms with E-state index in [4.69, 9.17) is 16.1 Å². The highest BCUT2D eigenvalue weighted by Gasteiger charge is 2.15. The second-order valence-electron chi connectivity index (χ2n) is 4.73. The Morgan fingerprint density at radius 2 is 1.96 bits per heavy atom. The number of halogens is 2. The Morgan fingerprint density at radius 3 is 2.74 bits per heavy atom. The van der Waals surface area contributed by atoms with Gasteiger partial charge in [-0.05, 0) is 53.0 Å². The third-order valence-corrected chi connectivity index (χ3v) is 4.15. The number of fused-ring (bicyclic) bond motifs is 1. The van der Waals surface area contributed by atoms with Crippen LogP contribution in [0.5, 0.6) is 5.75 Å². The topological polar surface area (TPSA) is 72.8 Å². The van der Waals surface area contributed by atoms with Gasteiger partial charge in [-0.1, -0.05) is 0 Å². The van der Waals surface area contributed by atoms with Crippen LogP contribution in [0.4, 0.5) is 11.5 Å². The van der Waals surface area contributed by atoms with Gasteiger partial charge in [-0.25, -0.2) is 9.97 Å². The van der Waals surface area contributed by atoms with Gasteiger partial charge < -0.3 is 9.84 Å². The summed E-state index contributed by atoms with van der Waals surface area (Å²) >= 11 is 9.27. The molecule has 118 valence electrons. The average Bonchev–Trinajstić information content (AvgIpc) is 2.52. The third-order valence-electron chi connectivity index (χ3n) is 2.84. The lowest BCUT2D eigenvalue weighted by Crippen LogP contribution is -2.00. The van der Waals surface area contributed by atoms with Crippen LogP contribution < -0.4 is 9.84 Å². The lowest BCUT2D eigenvalue weighted by molar-refractivity contribution is 0.631. The van der Waals surface area contributed by atoms with E-state index >= 15 is 0 Å². The fourth-order valence-electron chi connectivity index (χ4n) is 1.95. The molecule has 0 amide bonds. The lowest BCUT2D eigenvalue weighted by atomic mass is 10.2. The van der Waals surface area contributed by atoms with Gasteiger partial charge in [0.1, 0.15) is 11.3 Å². The van der Waals surface area contributed by atoms with E-state index < -0.39 is 8.15 Å². The minimum absolute atomic E-state index is 0.159. The maximum Gasteiger partial charge on any atom is 0.224 e. The number of rotatable bonds is 4. The molecular formula is C14H12BrClN5OP. The molecule has 1 N–H and O–H groups in total. The predicted molar refractivity (Wildman–Crippen MR) is 97.0 cm³/mol. The van der Waals surface area contributed by atoms with E-state index in [2.05, 4.69) is 41.2 Å². The first-order valence-electron chi connectivity index (χ1n) is 6.58. The van der Waals surface area contributed by atoms with Crippen LogP contribution in [-0.2, 0) is 0 Å². The molecule has 0 saturated carbocycles. The molecule has 6 nitrogen and oxygen atoms in total. The highest BCUT2D eigenvalue weighted by molar-refractivity contribution is 9.10. The minimum Gasteiger partial charge on any atom is -0.470 e. The molecule has 0 radical (unpaired) electrons. The van der Waals surface area contributed by atoms with Crippen LogP contribution in [0, 0.1) is 0 Å². The number of aromatic nitrogens is 4. The van der Waals surface area contributed by atoms with E-state index in [1.807, 2.05) is 25.5 Å². The van der Waals surface area contributed by atoms with Gasteiger partial charge in [-0.15, -0.1) is 0 Å². The molecule has 2 aromatic heterocycles. The third kappa shape index (κ3) is 3.68. The van der Waals surface area contributed by atoms with Gasteiger partial charge in [0.25, 0.3) is 0 Å². The Kier molecular flexibility index (Phi) is 4.90. The van der Waals surface area contributed by atoms with Crippen LogP contribution in [0.25, 0.3) is 11.0 Å². The number of hydrogen-bond acceptors (Lipinski definition) is 6. The summed E-state index contributed by atoms with van der Waals surface area (Å²) < 4.78 is 6.71. The summed E-state index contributed by atoms with van der Waals surface area (Å²) in [6.07, 6.45) is 4.89. The average molecular weight is 413 g/mol. The minimum atomic E-state index is -0.633. The Hall–Kier alpha value is -1.56. The fourth-order valence-corrected chi connectivity index (χ4v) is 2.92. The lowest BCUT2D eigenvalue weighted by Gasteiger charge is -2.16. The normalized spacial score (nSPS) is 11.0. The highest BCUT2D eigenvalue weighted by atomic mass is 79.9. The highest BCUT2D eigenvalue weighted by Crippen LogP contribution is 2.41. The Balaban J connectivity index is 2.10. The molecule has 3 aromatic rings. The summed E-state index contributed by atoms with van der Waals surface area (Å²) in [5.74, 6) is 1.20. The van der Waals surface area contributed by atoms with Crippen molar-refractivity contribution in [2.75, 3.05) is 18.6 Å². The molecule has 0 saturated heterocycles. The molecule has 0 aliphatic heterocycles. The molecule has 0 aliphatic carbocycles. The maximum atomic E-state index is 6.01. The van der Waals surface area contributed by atoms with Gasteiger partial charge in [0.2, 0.25) is 5.28 Å². The summed E-state index contributed by atoms with van der Waals surface area (Å²) in [7, 11) is -0.633. The maximum absolute atomic E-state index is 6.01. The monoisotopic (exact) mass is 411 g/mol. The van der Waals surface area contributed by atoms with E-state index in [0.29, 0.717) is 21.6 Å². The second kappa shape index (κ2) is 6.91. The van der Waals surface area contributed by atoms with E-state index in [0.717, 1.165) is 11.2 Å². The zero-order valence-corrected chi connectivity index (χ0v) is 15.5. The van der Waals surface area contributed by atoms with Crippen molar-refractivity contribution >= 4 is 58.2 Å². The molecule has 0 fully saturated rings. The standard InChI is InChI=1S/C14H12BrClN5OP/c1-23(2)22-12-10(4-3-9-11(12)18-6-5-17-9)20-13-8(15)7-19-14(16)21-13/h3-7H,1-2H3,(H,19,20,21). The van der Waals surface area contributed by atoms with Crippen molar-refractivity contribution in [2.24, 2.45) is 0 Å². The Bertz CT molecular complexity index is 864. The van der Waals surface area contributed by atoms with Gasteiger partial charge in [0, 0.05) is 18.6 Å². The van der Waals surface area contributed by atoms with E-state index in [1.54, 1.807) is 18.6 Å². The SMILES string of the molecule is CP(C)Oc1c(Nc2nc(Cl)ncc2Br)ccc2nccnc12. The van der Waals surface area contributed by atoms with Gasteiger partial charge >= 0.3 is 0 Å². The molecular weight excluding hydrogens is 401 g/mol. The van der Waals surface area contributed by atoms with Crippen LogP contribution in [-0.4, -0.2) is 33.3 Å². The number of nitrogens with one attached hydrogen (secondary N) is 1. The molecule has 9 heteroatoms. The first-order valence-corrected chi connectivity index (χ1v) is 9.91. The van der Waals surface area contributed by atoms with Gasteiger partial charge in [0.05, 0.1) is 23.8 Å². The van der Waals surface area contributed by atoms with E-state index in [9.17, 15) is 0 Å². The van der Waals surface area contributed by atoms with Crippen molar-refractivity contribution in [3.63, 3.8) is 0 Å². The summed E-state index contributed by atoms with van der Waals surface area (Å²) in [5, 5.41) is 3.37. The van der Waals surface area contributed by atoms with Crippen LogP contribution in [0.3, 0.4) is 0 Å². The quantitative estimate of drug-likeness (QED) is 0.498. The second-order valence-corrected chi connectivity index (χ2v) is 7.73. The van der Waals surface area contributed by atoms with Crippen molar-refractivity contribution in [1.82, 2.24) is 19.9 Å². The van der Waals surface area contributed by atoms with Crippen molar-refractivity contribution in [3.05, 3.63) is 40.5 Å². The van der Waals surface area contributed by atoms with Gasteiger partial charge in [-0.3, -0.25) is 4.98 Å². The van der Waals surface area contributed by atoms with E-state index in [-0.39, 0.29) is 5.28 Å². The number of anilines is 2. The van der Waals surface area contributed by atoms with Gasteiger partial charge in [-0.2, -0.15) is 4.98 Å². The molecule has 23 heavy (non-hydrogen) atoms. The largest absolute Gasteiger partial charge is 0.470 e. The van der Waals surface area contributed by atoms with Crippen molar-refractivity contribution in [2.45, 2.75) is 0 Å². The zero-order valence-electron chi connectivity index (χ0n) is 12.3. The molecule has 0 spiro atoms. The summed E-state index contributed by atoms with van der Waals surface area (Å²) in [6, 6.07) is 3.76.